The van der Waals surface area contributed by atoms with Gasteiger partial charge in [-0.05, 0) is 19.1 Å². The first-order valence-corrected chi connectivity index (χ1v) is 8.47. The maximum Gasteiger partial charge on any atom is 0.329 e. The minimum Gasteiger partial charge on any atom is -0.480 e. The summed E-state index contributed by atoms with van der Waals surface area (Å²) in [6, 6.07) is 7.41. The number of hydrogen-bond acceptors (Lipinski definition) is 6. The minimum atomic E-state index is -0.997. The highest BCUT2D eigenvalue weighted by atomic mass is 16.6. The molecule has 0 aromatic heterocycles. The molecule has 0 atom stereocenters. The second-order valence-corrected chi connectivity index (χ2v) is 5.41. The van der Waals surface area contributed by atoms with E-state index in [1.807, 2.05) is 25.1 Å². The number of rotatable bonds is 15. The minimum absolute atomic E-state index is 0.113. The van der Waals surface area contributed by atoms with Gasteiger partial charge in [0.15, 0.2) is 0 Å². The molecule has 0 fully saturated rings. The van der Waals surface area contributed by atoms with Crippen LogP contribution >= 0.6 is 0 Å². The Labute approximate surface area is 153 Å². The van der Waals surface area contributed by atoms with Crippen molar-refractivity contribution >= 4 is 11.9 Å². The molecule has 0 radical (unpaired) electrons. The molecule has 1 aromatic rings. The molecule has 2 N–H and O–H groups in total. The summed E-state index contributed by atoms with van der Waals surface area (Å²) in [5, 5.41) is 11.2. The van der Waals surface area contributed by atoms with Crippen molar-refractivity contribution in [3.05, 3.63) is 35.4 Å². The molecular formula is C18H27NO7. The lowest BCUT2D eigenvalue weighted by Crippen LogP contribution is -2.27. The van der Waals surface area contributed by atoms with Crippen LogP contribution in [0.25, 0.3) is 0 Å². The summed E-state index contributed by atoms with van der Waals surface area (Å²) in [4.78, 5) is 22.1. The van der Waals surface area contributed by atoms with E-state index in [2.05, 4.69) is 5.32 Å². The van der Waals surface area contributed by atoms with Crippen LogP contribution in [0.5, 0.6) is 0 Å². The van der Waals surface area contributed by atoms with Crippen molar-refractivity contribution in [2.75, 3.05) is 59.4 Å². The Hall–Kier alpha value is -2.00. The zero-order chi connectivity index (χ0) is 19.0. The van der Waals surface area contributed by atoms with E-state index in [-0.39, 0.29) is 19.1 Å². The zero-order valence-corrected chi connectivity index (χ0v) is 15.1. The Morgan fingerprint density at radius 1 is 0.923 bits per heavy atom. The molecule has 0 saturated carbocycles. The number of ether oxygens (including phenoxy) is 4. The number of nitrogens with one attached hydrogen (secondary N) is 1. The Balaban J connectivity index is 1.85. The summed E-state index contributed by atoms with van der Waals surface area (Å²) in [5.74, 6) is -1.11. The van der Waals surface area contributed by atoms with Crippen molar-refractivity contribution in [2.24, 2.45) is 0 Å². The molecule has 0 aliphatic carbocycles. The Morgan fingerprint density at radius 2 is 1.50 bits per heavy atom. The lowest BCUT2D eigenvalue weighted by Gasteiger charge is -2.08. The molecule has 0 aliphatic heterocycles. The van der Waals surface area contributed by atoms with Gasteiger partial charge in [0.25, 0.3) is 5.91 Å². The summed E-state index contributed by atoms with van der Waals surface area (Å²) in [7, 11) is 0. The van der Waals surface area contributed by atoms with Crippen molar-refractivity contribution in [3.8, 4) is 0 Å². The van der Waals surface area contributed by atoms with Gasteiger partial charge in [-0.15, -0.1) is 0 Å². The van der Waals surface area contributed by atoms with E-state index >= 15 is 0 Å². The van der Waals surface area contributed by atoms with E-state index in [1.54, 1.807) is 6.07 Å². The van der Waals surface area contributed by atoms with Crippen LogP contribution in [-0.4, -0.2) is 76.4 Å². The van der Waals surface area contributed by atoms with Gasteiger partial charge in [-0.1, -0.05) is 17.7 Å². The average molecular weight is 369 g/mol. The SMILES string of the molecule is Cc1cccc(C(=O)NCCOCCOCCOCCOCC(=O)O)c1. The van der Waals surface area contributed by atoms with E-state index < -0.39 is 5.97 Å². The number of amides is 1. The molecule has 1 amide bonds. The second kappa shape index (κ2) is 14.2. The third-order valence-corrected chi connectivity index (χ3v) is 3.15. The van der Waals surface area contributed by atoms with Crippen LogP contribution in [0.2, 0.25) is 0 Å². The number of carbonyl (C=O) groups is 2. The lowest BCUT2D eigenvalue weighted by molar-refractivity contribution is -0.142. The maximum absolute atomic E-state index is 11.9. The van der Waals surface area contributed by atoms with Crippen LogP contribution in [-0.2, 0) is 23.7 Å². The first-order valence-electron chi connectivity index (χ1n) is 8.47. The summed E-state index contributed by atoms with van der Waals surface area (Å²) >= 11 is 0. The van der Waals surface area contributed by atoms with E-state index in [4.69, 9.17) is 24.1 Å². The number of aliphatic carboxylic acids is 1. The molecule has 0 aliphatic rings. The predicted molar refractivity (Wildman–Crippen MR) is 94.4 cm³/mol. The molecule has 8 nitrogen and oxygen atoms in total. The quantitative estimate of drug-likeness (QED) is 0.442. The van der Waals surface area contributed by atoms with Gasteiger partial charge in [0, 0.05) is 12.1 Å². The van der Waals surface area contributed by atoms with Crippen LogP contribution in [0.15, 0.2) is 24.3 Å². The molecule has 8 heteroatoms. The molecule has 1 aromatic carbocycles. The van der Waals surface area contributed by atoms with Crippen LogP contribution in [0.3, 0.4) is 0 Å². The largest absolute Gasteiger partial charge is 0.480 e. The van der Waals surface area contributed by atoms with Gasteiger partial charge in [-0.25, -0.2) is 4.79 Å². The van der Waals surface area contributed by atoms with E-state index in [1.165, 1.54) is 0 Å². The number of carbonyl (C=O) groups excluding carboxylic acids is 1. The topological polar surface area (TPSA) is 103 Å². The van der Waals surface area contributed by atoms with E-state index in [0.717, 1.165) is 5.56 Å². The van der Waals surface area contributed by atoms with Crippen molar-refractivity contribution in [1.29, 1.82) is 0 Å². The molecular weight excluding hydrogens is 342 g/mol. The third-order valence-electron chi connectivity index (χ3n) is 3.15. The summed E-state index contributed by atoms with van der Waals surface area (Å²) in [6.45, 7) is 4.74. The van der Waals surface area contributed by atoms with Crippen molar-refractivity contribution < 1.29 is 33.6 Å². The monoisotopic (exact) mass is 369 g/mol. The van der Waals surface area contributed by atoms with Gasteiger partial charge in [-0.2, -0.15) is 0 Å². The number of carboxylic acids is 1. The fourth-order valence-corrected chi connectivity index (χ4v) is 1.94. The highest BCUT2D eigenvalue weighted by Crippen LogP contribution is 2.03. The molecule has 0 unspecified atom stereocenters. The van der Waals surface area contributed by atoms with Gasteiger partial charge in [0.2, 0.25) is 0 Å². The first kappa shape index (κ1) is 22.0. The molecule has 0 spiro atoms. The van der Waals surface area contributed by atoms with E-state index in [9.17, 15) is 9.59 Å². The van der Waals surface area contributed by atoms with E-state index in [0.29, 0.717) is 51.7 Å². The maximum atomic E-state index is 11.9. The summed E-state index contributed by atoms with van der Waals surface area (Å²) in [5.41, 5.74) is 1.68. The van der Waals surface area contributed by atoms with Gasteiger partial charge >= 0.3 is 5.97 Å². The van der Waals surface area contributed by atoms with Gasteiger partial charge < -0.3 is 29.4 Å². The predicted octanol–water partition coefficient (Wildman–Crippen LogP) is 0.876. The Bertz CT molecular complexity index is 536. The van der Waals surface area contributed by atoms with Gasteiger partial charge in [0.1, 0.15) is 6.61 Å². The van der Waals surface area contributed by atoms with Crippen molar-refractivity contribution in [2.45, 2.75) is 6.92 Å². The highest BCUT2D eigenvalue weighted by molar-refractivity contribution is 5.94. The molecule has 26 heavy (non-hydrogen) atoms. The molecule has 0 saturated heterocycles. The average Bonchev–Trinajstić information content (AvgIpc) is 2.61. The third kappa shape index (κ3) is 11.5. The van der Waals surface area contributed by atoms with Crippen LogP contribution in [0, 0.1) is 6.92 Å². The normalized spacial score (nSPS) is 10.7. The molecule has 146 valence electrons. The summed E-state index contributed by atoms with van der Waals surface area (Å²) in [6.07, 6.45) is 0. The smallest absolute Gasteiger partial charge is 0.329 e. The molecule has 0 heterocycles. The summed E-state index contributed by atoms with van der Waals surface area (Å²) < 4.78 is 20.7. The zero-order valence-electron chi connectivity index (χ0n) is 15.1. The molecule has 1 rings (SSSR count). The van der Waals surface area contributed by atoms with Crippen LogP contribution in [0.4, 0.5) is 0 Å². The fourth-order valence-electron chi connectivity index (χ4n) is 1.94. The lowest BCUT2D eigenvalue weighted by atomic mass is 10.1. The first-order chi connectivity index (χ1) is 12.6. The van der Waals surface area contributed by atoms with Crippen LogP contribution < -0.4 is 5.32 Å². The van der Waals surface area contributed by atoms with Gasteiger partial charge in [-0.3, -0.25) is 4.79 Å². The molecule has 0 bridgehead atoms. The van der Waals surface area contributed by atoms with Crippen molar-refractivity contribution in [1.82, 2.24) is 5.32 Å². The Kier molecular flexibility index (Phi) is 12.0. The highest BCUT2D eigenvalue weighted by Gasteiger charge is 2.04. The fraction of sp³-hybridized carbons (Fsp3) is 0.556. The van der Waals surface area contributed by atoms with Crippen LogP contribution in [0.1, 0.15) is 15.9 Å². The standard InChI is InChI=1S/C18H27NO7/c1-15-3-2-4-16(13-15)18(22)19-5-6-23-7-8-24-9-10-25-11-12-26-14-17(20)21/h2-4,13H,5-12,14H2,1H3,(H,19,22)(H,20,21). The van der Waals surface area contributed by atoms with Gasteiger partial charge in [0.05, 0.1) is 46.2 Å². The second-order valence-electron chi connectivity index (χ2n) is 5.41. The number of benzene rings is 1. The number of carboxylic acid groups (broad SMARTS) is 1. The Morgan fingerprint density at radius 3 is 2.08 bits per heavy atom. The number of hydrogen-bond donors (Lipinski definition) is 2. The number of aryl methyl sites for hydroxylation is 1. The van der Waals surface area contributed by atoms with Crippen molar-refractivity contribution in [3.63, 3.8) is 0 Å².